The molecule has 6 heteroatoms. The molecule has 0 aromatic rings. The van der Waals surface area contributed by atoms with E-state index in [9.17, 15) is 9.59 Å². The summed E-state index contributed by atoms with van der Waals surface area (Å²) in [4.78, 5) is 23.8. The van der Waals surface area contributed by atoms with E-state index in [1.807, 2.05) is 11.8 Å². The highest BCUT2D eigenvalue weighted by molar-refractivity contribution is 5.82. The molecule has 1 aliphatic rings. The molecule has 0 saturated carbocycles. The van der Waals surface area contributed by atoms with E-state index in [-0.39, 0.29) is 12.0 Å². The van der Waals surface area contributed by atoms with Crippen molar-refractivity contribution in [2.75, 3.05) is 26.2 Å². The Hall–Kier alpha value is -1.14. The number of morpholine rings is 1. The Morgan fingerprint density at radius 3 is 2.81 bits per heavy atom. The summed E-state index contributed by atoms with van der Waals surface area (Å²) >= 11 is 0. The zero-order valence-corrected chi connectivity index (χ0v) is 9.60. The van der Waals surface area contributed by atoms with Crippen LogP contribution in [0.15, 0.2) is 0 Å². The minimum absolute atomic E-state index is 0.112. The minimum atomic E-state index is -1.01. The van der Waals surface area contributed by atoms with Crippen molar-refractivity contribution in [3.63, 3.8) is 0 Å². The summed E-state index contributed by atoms with van der Waals surface area (Å²) < 4.78 is 5.35. The van der Waals surface area contributed by atoms with Crippen molar-refractivity contribution in [2.45, 2.75) is 26.0 Å². The van der Waals surface area contributed by atoms with Crippen molar-refractivity contribution in [3.05, 3.63) is 0 Å². The first-order valence-corrected chi connectivity index (χ1v) is 5.33. The van der Waals surface area contributed by atoms with Crippen LogP contribution < -0.4 is 5.32 Å². The number of amides is 1. The molecule has 2 atom stereocenters. The van der Waals surface area contributed by atoms with E-state index in [1.54, 1.807) is 0 Å². The number of hydrogen-bond acceptors (Lipinski definition) is 4. The van der Waals surface area contributed by atoms with Gasteiger partial charge in [0.05, 0.1) is 12.7 Å². The fraction of sp³-hybridized carbons (Fsp3) is 0.800. The van der Waals surface area contributed by atoms with Crippen LogP contribution in [0.5, 0.6) is 0 Å². The number of carbonyl (C=O) groups excluding carboxylic acids is 1. The predicted octanol–water partition coefficient (Wildman–Crippen LogP) is -0.704. The van der Waals surface area contributed by atoms with Gasteiger partial charge in [0.15, 0.2) is 0 Å². The van der Waals surface area contributed by atoms with Gasteiger partial charge in [-0.05, 0) is 6.92 Å². The molecular formula is C10H18N2O4. The number of carbonyl (C=O) groups is 2. The van der Waals surface area contributed by atoms with Crippen LogP contribution >= 0.6 is 0 Å². The molecule has 1 saturated heterocycles. The second kappa shape index (κ2) is 5.81. The third kappa shape index (κ3) is 4.16. The van der Waals surface area contributed by atoms with Crippen molar-refractivity contribution < 1.29 is 19.4 Å². The molecule has 2 N–H and O–H groups in total. The summed E-state index contributed by atoms with van der Waals surface area (Å²) in [5.74, 6) is -1.33. The molecule has 1 aliphatic heterocycles. The van der Waals surface area contributed by atoms with Crippen LogP contribution in [0.4, 0.5) is 0 Å². The number of nitrogens with one attached hydrogen (secondary N) is 1. The number of hydrogen-bond donors (Lipinski definition) is 2. The fourth-order valence-electron chi connectivity index (χ4n) is 1.75. The summed E-state index contributed by atoms with van der Waals surface area (Å²) in [5, 5.41) is 11.4. The van der Waals surface area contributed by atoms with Gasteiger partial charge in [-0.1, -0.05) is 0 Å². The van der Waals surface area contributed by atoms with Gasteiger partial charge < -0.3 is 15.2 Å². The Bertz CT molecular complexity index is 270. The van der Waals surface area contributed by atoms with Crippen molar-refractivity contribution >= 4 is 11.9 Å². The van der Waals surface area contributed by atoms with Crippen LogP contribution in [0.25, 0.3) is 0 Å². The lowest BCUT2D eigenvalue weighted by atomic mass is 10.2. The van der Waals surface area contributed by atoms with E-state index in [4.69, 9.17) is 9.84 Å². The largest absolute Gasteiger partial charge is 0.480 e. The molecule has 0 aromatic carbocycles. The highest BCUT2D eigenvalue weighted by Crippen LogP contribution is 2.05. The number of carboxylic acid groups (broad SMARTS) is 1. The highest BCUT2D eigenvalue weighted by Gasteiger charge is 2.24. The van der Waals surface area contributed by atoms with Crippen LogP contribution in [-0.4, -0.2) is 60.3 Å². The average Bonchev–Trinajstić information content (AvgIpc) is 2.15. The van der Waals surface area contributed by atoms with Crippen molar-refractivity contribution in [1.29, 1.82) is 0 Å². The molecule has 1 amide bonds. The second-order valence-electron chi connectivity index (χ2n) is 4.03. The lowest BCUT2D eigenvalue weighted by Gasteiger charge is -2.32. The SMILES string of the molecule is CC(=O)NC(CN1CCOC(C)C1)C(=O)O. The Balaban J connectivity index is 2.47. The molecule has 2 unspecified atom stereocenters. The maximum atomic E-state index is 10.9. The molecule has 1 heterocycles. The van der Waals surface area contributed by atoms with Crippen LogP contribution in [0.3, 0.4) is 0 Å². The van der Waals surface area contributed by atoms with E-state index in [1.165, 1.54) is 6.92 Å². The molecule has 0 aliphatic carbocycles. The van der Waals surface area contributed by atoms with E-state index in [0.29, 0.717) is 26.2 Å². The lowest BCUT2D eigenvalue weighted by molar-refractivity contribution is -0.142. The summed E-state index contributed by atoms with van der Waals surface area (Å²) in [6, 6.07) is -0.845. The molecule has 0 aromatic heterocycles. The summed E-state index contributed by atoms with van der Waals surface area (Å²) in [5.41, 5.74) is 0. The van der Waals surface area contributed by atoms with Gasteiger partial charge in [0.1, 0.15) is 6.04 Å². The van der Waals surface area contributed by atoms with Crippen LogP contribution in [0, 0.1) is 0 Å². The van der Waals surface area contributed by atoms with Gasteiger partial charge in [-0.15, -0.1) is 0 Å². The van der Waals surface area contributed by atoms with Crippen LogP contribution in [0.2, 0.25) is 0 Å². The first-order chi connectivity index (χ1) is 7.49. The maximum absolute atomic E-state index is 10.9. The Labute approximate surface area is 94.6 Å². The molecule has 0 radical (unpaired) electrons. The zero-order valence-electron chi connectivity index (χ0n) is 9.60. The van der Waals surface area contributed by atoms with Gasteiger partial charge >= 0.3 is 5.97 Å². The lowest BCUT2D eigenvalue weighted by Crippen LogP contribution is -2.51. The van der Waals surface area contributed by atoms with Gasteiger partial charge in [0.25, 0.3) is 0 Å². The second-order valence-corrected chi connectivity index (χ2v) is 4.03. The average molecular weight is 230 g/mol. The standard InChI is InChI=1S/C10H18N2O4/c1-7-5-12(3-4-16-7)6-9(10(14)15)11-8(2)13/h7,9H,3-6H2,1-2H3,(H,11,13)(H,14,15). The number of aliphatic carboxylic acids is 1. The van der Waals surface area contributed by atoms with Crippen LogP contribution in [0.1, 0.15) is 13.8 Å². The summed E-state index contributed by atoms with van der Waals surface area (Å²) in [6.45, 7) is 5.59. The minimum Gasteiger partial charge on any atom is -0.480 e. The molecule has 0 bridgehead atoms. The Morgan fingerprint density at radius 2 is 2.31 bits per heavy atom. The maximum Gasteiger partial charge on any atom is 0.327 e. The van der Waals surface area contributed by atoms with Crippen molar-refractivity contribution in [3.8, 4) is 0 Å². The van der Waals surface area contributed by atoms with Gasteiger partial charge in [-0.2, -0.15) is 0 Å². The smallest absolute Gasteiger partial charge is 0.327 e. The molecule has 1 fully saturated rings. The van der Waals surface area contributed by atoms with Gasteiger partial charge in [-0.25, -0.2) is 4.79 Å². The third-order valence-corrected chi connectivity index (χ3v) is 2.44. The quantitative estimate of drug-likeness (QED) is 0.667. The monoisotopic (exact) mass is 230 g/mol. The third-order valence-electron chi connectivity index (χ3n) is 2.44. The van der Waals surface area contributed by atoms with Gasteiger partial charge in [-0.3, -0.25) is 9.69 Å². The zero-order chi connectivity index (χ0) is 12.1. The molecular weight excluding hydrogens is 212 g/mol. The van der Waals surface area contributed by atoms with E-state index in [0.717, 1.165) is 0 Å². The van der Waals surface area contributed by atoms with Gasteiger partial charge in [0, 0.05) is 26.6 Å². The van der Waals surface area contributed by atoms with Gasteiger partial charge in [0.2, 0.25) is 5.91 Å². The fourth-order valence-corrected chi connectivity index (χ4v) is 1.75. The molecule has 92 valence electrons. The van der Waals surface area contributed by atoms with E-state index in [2.05, 4.69) is 5.32 Å². The Kier molecular flexibility index (Phi) is 4.70. The highest BCUT2D eigenvalue weighted by atomic mass is 16.5. The Morgan fingerprint density at radius 1 is 1.62 bits per heavy atom. The summed E-state index contributed by atoms with van der Waals surface area (Å²) in [6.07, 6.45) is 0.112. The first kappa shape index (κ1) is 12.9. The van der Waals surface area contributed by atoms with Crippen molar-refractivity contribution in [1.82, 2.24) is 10.2 Å². The number of rotatable bonds is 4. The number of carboxylic acids is 1. The molecule has 6 nitrogen and oxygen atoms in total. The number of nitrogens with zero attached hydrogens (tertiary/aromatic N) is 1. The van der Waals surface area contributed by atoms with E-state index < -0.39 is 12.0 Å². The van der Waals surface area contributed by atoms with Crippen LogP contribution in [-0.2, 0) is 14.3 Å². The van der Waals surface area contributed by atoms with E-state index >= 15 is 0 Å². The first-order valence-electron chi connectivity index (χ1n) is 5.33. The normalized spacial score (nSPS) is 23.8. The topological polar surface area (TPSA) is 78.9 Å². The molecule has 16 heavy (non-hydrogen) atoms. The summed E-state index contributed by atoms with van der Waals surface area (Å²) in [7, 11) is 0. The molecule has 1 rings (SSSR count). The number of ether oxygens (including phenoxy) is 1. The van der Waals surface area contributed by atoms with Crippen molar-refractivity contribution in [2.24, 2.45) is 0 Å². The predicted molar refractivity (Wildman–Crippen MR) is 57.1 cm³/mol. The molecule has 0 spiro atoms.